The second-order valence-electron chi connectivity index (χ2n) is 4.75. The van der Waals surface area contributed by atoms with Crippen molar-refractivity contribution in [2.24, 2.45) is 0 Å². The SMILES string of the molecule is COCc1ccc(C(=O)N[C@@H](Cc2ccccc2)C(=O)O)o1. The Kier molecular flexibility index (Phi) is 5.32. The molecule has 0 aliphatic carbocycles. The predicted molar refractivity (Wildman–Crippen MR) is 78.5 cm³/mol. The molecule has 116 valence electrons. The Balaban J connectivity index is 2.03. The fourth-order valence-corrected chi connectivity index (χ4v) is 2.00. The number of carbonyl (C=O) groups excluding carboxylic acids is 1. The van der Waals surface area contributed by atoms with E-state index in [-0.39, 0.29) is 18.8 Å². The molecule has 1 atom stereocenters. The number of rotatable bonds is 7. The van der Waals surface area contributed by atoms with Crippen molar-refractivity contribution in [1.29, 1.82) is 0 Å². The topological polar surface area (TPSA) is 88.8 Å². The van der Waals surface area contributed by atoms with Gasteiger partial charge in [0.15, 0.2) is 5.76 Å². The zero-order valence-electron chi connectivity index (χ0n) is 12.1. The molecular weight excluding hydrogens is 286 g/mol. The minimum absolute atomic E-state index is 0.0614. The third kappa shape index (κ3) is 4.20. The lowest BCUT2D eigenvalue weighted by atomic mass is 10.1. The summed E-state index contributed by atoms with van der Waals surface area (Å²) in [5.41, 5.74) is 0.828. The molecule has 1 amide bonds. The van der Waals surface area contributed by atoms with Crippen LogP contribution in [0.3, 0.4) is 0 Å². The number of furan rings is 1. The van der Waals surface area contributed by atoms with Crippen LogP contribution in [-0.2, 0) is 22.6 Å². The molecule has 2 rings (SSSR count). The summed E-state index contributed by atoms with van der Waals surface area (Å²) in [6.45, 7) is 0.250. The molecule has 22 heavy (non-hydrogen) atoms. The highest BCUT2D eigenvalue weighted by Gasteiger charge is 2.22. The van der Waals surface area contributed by atoms with Gasteiger partial charge in [-0.25, -0.2) is 4.79 Å². The van der Waals surface area contributed by atoms with Crippen LogP contribution in [0.4, 0.5) is 0 Å². The second kappa shape index (κ2) is 7.42. The minimum atomic E-state index is -1.10. The van der Waals surface area contributed by atoms with Gasteiger partial charge >= 0.3 is 5.97 Å². The number of aliphatic carboxylic acids is 1. The Bertz CT molecular complexity index is 635. The highest BCUT2D eigenvalue weighted by atomic mass is 16.5. The normalized spacial score (nSPS) is 11.9. The van der Waals surface area contributed by atoms with Crippen molar-refractivity contribution in [2.75, 3.05) is 7.11 Å². The van der Waals surface area contributed by atoms with Crippen LogP contribution >= 0.6 is 0 Å². The highest BCUT2D eigenvalue weighted by Crippen LogP contribution is 2.10. The van der Waals surface area contributed by atoms with Crippen LogP contribution in [-0.4, -0.2) is 30.1 Å². The number of benzene rings is 1. The van der Waals surface area contributed by atoms with Crippen LogP contribution in [0.25, 0.3) is 0 Å². The van der Waals surface area contributed by atoms with Crippen molar-refractivity contribution in [3.8, 4) is 0 Å². The first-order valence-corrected chi connectivity index (χ1v) is 6.75. The number of carboxylic acids is 1. The number of hydrogen-bond acceptors (Lipinski definition) is 4. The third-order valence-electron chi connectivity index (χ3n) is 3.06. The first kappa shape index (κ1) is 15.8. The van der Waals surface area contributed by atoms with Gasteiger partial charge in [0.2, 0.25) is 0 Å². The lowest BCUT2D eigenvalue weighted by molar-refractivity contribution is -0.139. The largest absolute Gasteiger partial charge is 0.480 e. The van der Waals surface area contributed by atoms with Gasteiger partial charge in [-0.3, -0.25) is 4.79 Å². The van der Waals surface area contributed by atoms with Gasteiger partial charge in [0.05, 0.1) is 0 Å². The third-order valence-corrected chi connectivity index (χ3v) is 3.06. The summed E-state index contributed by atoms with van der Waals surface area (Å²) in [6, 6.07) is 11.2. The van der Waals surface area contributed by atoms with Gasteiger partial charge in [0.1, 0.15) is 18.4 Å². The maximum atomic E-state index is 12.1. The summed E-state index contributed by atoms with van der Waals surface area (Å²) < 4.78 is 10.2. The van der Waals surface area contributed by atoms with Crippen molar-refractivity contribution in [2.45, 2.75) is 19.1 Å². The average molecular weight is 303 g/mol. The molecule has 0 saturated carbocycles. The molecule has 0 radical (unpaired) electrons. The van der Waals surface area contributed by atoms with Crippen LogP contribution in [0.2, 0.25) is 0 Å². The molecule has 0 aliphatic rings. The van der Waals surface area contributed by atoms with Crippen molar-refractivity contribution in [1.82, 2.24) is 5.32 Å². The van der Waals surface area contributed by atoms with Crippen molar-refractivity contribution >= 4 is 11.9 Å². The highest BCUT2D eigenvalue weighted by molar-refractivity contribution is 5.94. The van der Waals surface area contributed by atoms with Crippen molar-refractivity contribution < 1.29 is 23.8 Å². The maximum Gasteiger partial charge on any atom is 0.326 e. The fraction of sp³-hybridized carbons (Fsp3) is 0.250. The van der Waals surface area contributed by atoms with E-state index in [4.69, 9.17) is 9.15 Å². The van der Waals surface area contributed by atoms with E-state index in [0.29, 0.717) is 5.76 Å². The number of nitrogens with one attached hydrogen (secondary N) is 1. The predicted octanol–water partition coefficient (Wildman–Crippen LogP) is 1.85. The molecule has 2 aromatic rings. The van der Waals surface area contributed by atoms with E-state index in [9.17, 15) is 14.7 Å². The standard InChI is InChI=1S/C16H17NO5/c1-21-10-12-7-8-14(22-12)15(18)17-13(16(19)20)9-11-5-3-2-4-6-11/h2-8,13H,9-10H2,1H3,(H,17,18)(H,19,20)/t13-/m0/s1. The van der Waals surface area contributed by atoms with Crippen molar-refractivity contribution in [3.05, 3.63) is 59.5 Å². The molecule has 1 aromatic carbocycles. The van der Waals surface area contributed by atoms with E-state index in [1.54, 1.807) is 6.07 Å². The first-order valence-electron chi connectivity index (χ1n) is 6.75. The molecule has 0 bridgehead atoms. The Labute approximate surface area is 127 Å². The van der Waals surface area contributed by atoms with E-state index >= 15 is 0 Å². The van der Waals surface area contributed by atoms with Gasteiger partial charge in [-0.1, -0.05) is 30.3 Å². The first-order chi connectivity index (χ1) is 10.6. The van der Waals surface area contributed by atoms with E-state index in [0.717, 1.165) is 5.56 Å². The molecule has 2 N–H and O–H groups in total. The smallest absolute Gasteiger partial charge is 0.326 e. The Hall–Kier alpha value is -2.60. The molecule has 0 spiro atoms. The lowest BCUT2D eigenvalue weighted by Gasteiger charge is -2.13. The van der Waals surface area contributed by atoms with Gasteiger partial charge in [-0.15, -0.1) is 0 Å². The summed E-state index contributed by atoms with van der Waals surface area (Å²) in [5, 5.41) is 11.7. The zero-order valence-corrected chi connectivity index (χ0v) is 12.1. The van der Waals surface area contributed by atoms with Gasteiger partial charge < -0.3 is 19.6 Å². The van der Waals surface area contributed by atoms with Crippen LogP contribution in [0.5, 0.6) is 0 Å². The number of hydrogen-bond donors (Lipinski definition) is 2. The molecule has 0 fully saturated rings. The van der Waals surface area contributed by atoms with Gasteiger partial charge in [-0.05, 0) is 17.7 Å². The molecule has 0 unspecified atom stereocenters. The number of ether oxygens (including phenoxy) is 1. The molecule has 6 heteroatoms. The quantitative estimate of drug-likeness (QED) is 0.815. The average Bonchev–Trinajstić information content (AvgIpc) is 2.96. The van der Waals surface area contributed by atoms with E-state index in [1.165, 1.54) is 13.2 Å². The zero-order chi connectivity index (χ0) is 15.9. The Morgan fingerprint density at radius 1 is 1.23 bits per heavy atom. The molecule has 1 heterocycles. The van der Waals surface area contributed by atoms with Gasteiger partial charge in [0, 0.05) is 13.5 Å². The molecule has 1 aromatic heterocycles. The van der Waals surface area contributed by atoms with E-state index in [2.05, 4.69) is 5.32 Å². The van der Waals surface area contributed by atoms with E-state index < -0.39 is 17.9 Å². The molecular formula is C16H17NO5. The van der Waals surface area contributed by atoms with Crippen LogP contribution in [0.1, 0.15) is 21.9 Å². The van der Waals surface area contributed by atoms with Crippen LogP contribution in [0.15, 0.2) is 46.9 Å². The number of carboxylic acid groups (broad SMARTS) is 1. The number of carbonyl (C=O) groups is 2. The second-order valence-corrected chi connectivity index (χ2v) is 4.75. The molecule has 0 saturated heterocycles. The van der Waals surface area contributed by atoms with E-state index in [1.807, 2.05) is 30.3 Å². The van der Waals surface area contributed by atoms with Crippen molar-refractivity contribution in [3.63, 3.8) is 0 Å². The minimum Gasteiger partial charge on any atom is -0.480 e. The Morgan fingerprint density at radius 2 is 1.95 bits per heavy atom. The van der Waals surface area contributed by atoms with Crippen LogP contribution < -0.4 is 5.32 Å². The summed E-state index contributed by atoms with van der Waals surface area (Å²) in [4.78, 5) is 23.4. The molecule has 0 aliphatic heterocycles. The van der Waals surface area contributed by atoms with Gasteiger partial charge in [0.25, 0.3) is 5.91 Å². The number of methoxy groups -OCH3 is 1. The summed E-state index contributed by atoms with van der Waals surface area (Å²) in [5.74, 6) is -1.10. The monoisotopic (exact) mass is 303 g/mol. The number of amides is 1. The Morgan fingerprint density at radius 3 is 2.59 bits per heavy atom. The maximum absolute atomic E-state index is 12.1. The fourth-order valence-electron chi connectivity index (χ4n) is 2.00. The van der Waals surface area contributed by atoms with Crippen LogP contribution in [0, 0.1) is 0 Å². The van der Waals surface area contributed by atoms with Gasteiger partial charge in [-0.2, -0.15) is 0 Å². The molecule has 6 nitrogen and oxygen atoms in total. The summed E-state index contributed by atoms with van der Waals surface area (Å²) in [6.07, 6.45) is 0.202. The lowest BCUT2D eigenvalue weighted by Crippen LogP contribution is -2.42. The summed E-state index contributed by atoms with van der Waals surface area (Å²) in [7, 11) is 1.52. The summed E-state index contributed by atoms with van der Waals surface area (Å²) >= 11 is 0.